The van der Waals surface area contributed by atoms with Crippen LogP contribution in [-0.2, 0) is 11.2 Å². The van der Waals surface area contributed by atoms with Crippen LogP contribution in [0.4, 0.5) is 4.39 Å². The molecule has 2 nitrogen and oxygen atoms in total. The van der Waals surface area contributed by atoms with Crippen LogP contribution in [0.2, 0.25) is 0 Å². The molecule has 0 aromatic heterocycles. The van der Waals surface area contributed by atoms with Crippen molar-refractivity contribution in [2.45, 2.75) is 44.8 Å². The lowest BCUT2D eigenvalue weighted by molar-refractivity contribution is -0.0961. The predicted octanol–water partition coefficient (Wildman–Crippen LogP) is 2.61. The van der Waals surface area contributed by atoms with Crippen molar-refractivity contribution in [2.75, 3.05) is 6.61 Å². The van der Waals surface area contributed by atoms with Gasteiger partial charge in [-0.2, -0.15) is 0 Å². The summed E-state index contributed by atoms with van der Waals surface area (Å²) in [5.41, 5.74) is 1.16. The first-order valence-electron chi connectivity index (χ1n) is 6.07. The van der Waals surface area contributed by atoms with E-state index < -0.39 is 5.60 Å². The zero-order valence-electron chi connectivity index (χ0n) is 10.4. The number of halogens is 1. The Bertz CT molecular complexity index is 405. The topological polar surface area (TPSA) is 29.5 Å². The van der Waals surface area contributed by atoms with Gasteiger partial charge in [0.05, 0.1) is 11.7 Å². The molecule has 1 aliphatic heterocycles. The van der Waals surface area contributed by atoms with Gasteiger partial charge in [0.2, 0.25) is 0 Å². The van der Waals surface area contributed by atoms with Gasteiger partial charge in [-0.05, 0) is 43.5 Å². The Labute approximate surface area is 101 Å². The smallest absolute Gasteiger partial charge is 0.123 e. The number of aliphatic hydroxyl groups is 1. The van der Waals surface area contributed by atoms with Gasteiger partial charge in [0, 0.05) is 19.4 Å². The number of ether oxygens (including phenoxy) is 1. The molecule has 1 saturated heterocycles. The van der Waals surface area contributed by atoms with Crippen LogP contribution in [0.25, 0.3) is 0 Å². The Balaban J connectivity index is 2.16. The van der Waals surface area contributed by atoms with E-state index in [-0.39, 0.29) is 11.9 Å². The minimum Gasteiger partial charge on any atom is -0.389 e. The van der Waals surface area contributed by atoms with E-state index in [1.54, 1.807) is 6.07 Å². The summed E-state index contributed by atoms with van der Waals surface area (Å²) >= 11 is 0. The molecule has 94 valence electrons. The first-order chi connectivity index (χ1) is 7.98. The molecule has 17 heavy (non-hydrogen) atoms. The van der Waals surface area contributed by atoms with Crippen molar-refractivity contribution in [3.63, 3.8) is 0 Å². The van der Waals surface area contributed by atoms with Gasteiger partial charge in [-0.25, -0.2) is 4.39 Å². The van der Waals surface area contributed by atoms with Crippen LogP contribution >= 0.6 is 0 Å². The summed E-state index contributed by atoms with van der Waals surface area (Å²) in [6.07, 6.45) is 1.81. The van der Waals surface area contributed by atoms with Gasteiger partial charge in [0.1, 0.15) is 5.82 Å². The highest BCUT2D eigenvalue weighted by molar-refractivity contribution is 5.28. The van der Waals surface area contributed by atoms with Crippen LogP contribution in [0, 0.1) is 12.7 Å². The zero-order chi connectivity index (χ0) is 12.5. The van der Waals surface area contributed by atoms with Crippen molar-refractivity contribution >= 4 is 0 Å². The standard InChI is InChI=1S/C14H19FO2/c1-10-3-4-13(15)7-12(10)9-14(16)5-6-17-11(2)8-14/h3-4,7,11,16H,5-6,8-9H2,1-2H3. The third kappa shape index (κ3) is 3.05. The summed E-state index contributed by atoms with van der Waals surface area (Å²) in [5, 5.41) is 10.5. The molecule has 1 aliphatic rings. The molecular weight excluding hydrogens is 219 g/mol. The van der Waals surface area contributed by atoms with E-state index in [0.29, 0.717) is 25.9 Å². The molecule has 0 saturated carbocycles. The van der Waals surface area contributed by atoms with Gasteiger partial charge in [-0.3, -0.25) is 0 Å². The molecule has 1 heterocycles. The van der Waals surface area contributed by atoms with Crippen molar-refractivity contribution in [1.82, 2.24) is 0 Å². The van der Waals surface area contributed by atoms with Crippen LogP contribution < -0.4 is 0 Å². The van der Waals surface area contributed by atoms with Gasteiger partial charge in [-0.15, -0.1) is 0 Å². The first kappa shape index (κ1) is 12.5. The third-order valence-corrected chi connectivity index (χ3v) is 3.47. The van der Waals surface area contributed by atoms with Crippen LogP contribution in [0.5, 0.6) is 0 Å². The molecule has 2 unspecified atom stereocenters. The lowest BCUT2D eigenvalue weighted by Gasteiger charge is -2.36. The summed E-state index contributed by atoms with van der Waals surface area (Å²) in [4.78, 5) is 0. The summed E-state index contributed by atoms with van der Waals surface area (Å²) in [6, 6.07) is 4.74. The second-order valence-corrected chi connectivity index (χ2v) is 5.11. The van der Waals surface area contributed by atoms with Crippen molar-refractivity contribution in [1.29, 1.82) is 0 Å². The quantitative estimate of drug-likeness (QED) is 0.858. The van der Waals surface area contributed by atoms with Crippen LogP contribution in [-0.4, -0.2) is 23.4 Å². The second kappa shape index (κ2) is 4.75. The lowest BCUT2D eigenvalue weighted by atomic mass is 9.84. The van der Waals surface area contributed by atoms with Crippen molar-refractivity contribution in [3.05, 3.63) is 35.1 Å². The summed E-state index contributed by atoms with van der Waals surface area (Å²) in [6.45, 7) is 4.48. The van der Waals surface area contributed by atoms with E-state index in [4.69, 9.17) is 4.74 Å². The molecule has 2 rings (SSSR count). The van der Waals surface area contributed by atoms with Crippen molar-refractivity contribution in [3.8, 4) is 0 Å². The fraction of sp³-hybridized carbons (Fsp3) is 0.571. The van der Waals surface area contributed by atoms with Gasteiger partial charge in [0.25, 0.3) is 0 Å². The maximum Gasteiger partial charge on any atom is 0.123 e. The Kier molecular flexibility index (Phi) is 3.50. The number of hydrogen-bond acceptors (Lipinski definition) is 2. The molecule has 1 fully saturated rings. The van der Waals surface area contributed by atoms with Gasteiger partial charge < -0.3 is 9.84 Å². The van der Waals surface area contributed by atoms with E-state index in [9.17, 15) is 9.50 Å². The number of rotatable bonds is 2. The minimum absolute atomic E-state index is 0.0719. The average molecular weight is 238 g/mol. The van der Waals surface area contributed by atoms with E-state index in [1.165, 1.54) is 12.1 Å². The Morgan fingerprint density at radius 1 is 1.53 bits per heavy atom. The number of benzene rings is 1. The minimum atomic E-state index is -0.754. The molecule has 0 radical (unpaired) electrons. The molecule has 1 N–H and O–H groups in total. The molecule has 0 spiro atoms. The largest absolute Gasteiger partial charge is 0.389 e. The van der Waals surface area contributed by atoms with Gasteiger partial charge in [0.15, 0.2) is 0 Å². The summed E-state index contributed by atoms with van der Waals surface area (Å²) < 4.78 is 18.6. The number of aryl methyl sites for hydroxylation is 1. The van der Waals surface area contributed by atoms with E-state index in [2.05, 4.69) is 0 Å². The predicted molar refractivity (Wildman–Crippen MR) is 64.4 cm³/mol. The Morgan fingerprint density at radius 2 is 2.29 bits per heavy atom. The SMILES string of the molecule is Cc1ccc(F)cc1CC1(O)CCOC(C)C1. The van der Waals surface area contributed by atoms with E-state index >= 15 is 0 Å². The third-order valence-electron chi connectivity index (χ3n) is 3.47. The average Bonchev–Trinajstić information content (AvgIpc) is 2.22. The summed E-state index contributed by atoms with van der Waals surface area (Å²) in [5.74, 6) is -0.241. The number of hydrogen-bond donors (Lipinski definition) is 1. The van der Waals surface area contributed by atoms with Crippen LogP contribution in [0.1, 0.15) is 30.9 Å². The fourth-order valence-electron chi connectivity index (χ4n) is 2.49. The maximum absolute atomic E-state index is 13.2. The molecule has 1 aromatic carbocycles. The molecule has 0 aliphatic carbocycles. The van der Waals surface area contributed by atoms with E-state index in [0.717, 1.165) is 11.1 Å². The monoisotopic (exact) mass is 238 g/mol. The van der Waals surface area contributed by atoms with Crippen LogP contribution in [0.3, 0.4) is 0 Å². The molecule has 1 aromatic rings. The second-order valence-electron chi connectivity index (χ2n) is 5.11. The van der Waals surface area contributed by atoms with Gasteiger partial charge >= 0.3 is 0 Å². The molecular formula is C14H19FO2. The van der Waals surface area contributed by atoms with E-state index in [1.807, 2.05) is 13.8 Å². The van der Waals surface area contributed by atoms with Crippen molar-refractivity contribution in [2.24, 2.45) is 0 Å². The fourth-order valence-corrected chi connectivity index (χ4v) is 2.49. The highest BCUT2D eigenvalue weighted by atomic mass is 19.1. The zero-order valence-corrected chi connectivity index (χ0v) is 10.4. The van der Waals surface area contributed by atoms with Gasteiger partial charge in [-0.1, -0.05) is 6.07 Å². The maximum atomic E-state index is 13.2. The van der Waals surface area contributed by atoms with Crippen LogP contribution in [0.15, 0.2) is 18.2 Å². The van der Waals surface area contributed by atoms with Crippen molar-refractivity contribution < 1.29 is 14.2 Å². The summed E-state index contributed by atoms with van der Waals surface area (Å²) in [7, 11) is 0. The highest BCUT2D eigenvalue weighted by Gasteiger charge is 2.33. The first-order valence-corrected chi connectivity index (χ1v) is 6.07. The molecule has 3 heteroatoms. The lowest BCUT2D eigenvalue weighted by Crippen LogP contribution is -2.41. The molecule has 0 amide bonds. The molecule has 2 atom stereocenters. The normalized spacial score (nSPS) is 29.3. The molecule has 0 bridgehead atoms. The highest BCUT2D eigenvalue weighted by Crippen LogP contribution is 2.29. The Hall–Kier alpha value is -0.930. The Morgan fingerprint density at radius 3 is 3.00 bits per heavy atom.